The van der Waals surface area contributed by atoms with Gasteiger partial charge in [0.2, 0.25) is 0 Å². The smallest absolute Gasteiger partial charge is 0.0735 e. The van der Waals surface area contributed by atoms with Crippen LogP contribution in [0.5, 0.6) is 0 Å². The lowest BCUT2D eigenvalue weighted by Crippen LogP contribution is -2.08. The summed E-state index contributed by atoms with van der Waals surface area (Å²) in [5.74, 6) is 0. The van der Waals surface area contributed by atoms with E-state index in [2.05, 4.69) is 18.8 Å². The molecule has 1 rings (SSSR count). The second kappa shape index (κ2) is 7.41. The molecule has 0 spiro atoms. The number of hydrogen-bond acceptors (Lipinski definition) is 3. The third-order valence-corrected chi connectivity index (χ3v) is 3.15. The summed E-state index contributed by atoms with van der Waals surface area (Å²) in [7, 11) is 0. The van der Waals surface area contributed by atoms with Gasteiger partial charge in [-0.15, -0.1) is 0 Å². The van der Waals surface area contributed by atoms with Gasteiger partial charge < -0.3 is 10.5 Å². The van der Waals surface area contributed by atoms with Gasteiger partial charge in [0.1, 0.15) is 0 Å². The first-order valence-corrected chi connectivity index (χ1v) is 6.42. The summed E-state index contributed by atoms with van der Waals surface area (Å²) in [6.07, 6.45) is 5.48. The van der Waals surface area contributed by atoms with E-state index in [4.69, 9.17) is 10.5 Å². The lowest BCUT2D eigenvalue weighted by molar-refractivity contribution is 0.116. The first kappa shape index (κ1) is 14.1. The van der Waals surface area contributed by atoms with Crippen LogP contribution >= 0.6 is 0 Å². The van der Waals surface area contributed by atoms with E-state index in [0.717, 1.165) is 24.3 Å². The molecule has 1 aromatic heterocycles. The van der Waals surface area contributed by atoms with Gasteiger partial charge in [0.05, 0.1) is 6.61 Å². The Hall–Kier alpha value is -0.930. The zero-order chi connectivity index (χ0) is 12.7. The van der Waals surface area contributed by atoms with E-state index >= 15 is 0 Å². The maximum Gasteiger partial charge on any atom is 0.0735 e. The Kier molecular flexibility index (Phi) is 6.16. The third kappa shape index (κ3) is 4.10. The summed E-state index contributed by atoms with van der Waals surface area (Å²) in [4.78, 5) is 4.37. The van der Waals surface area contributed by atoms with Gasteiger partial charge in [-0.1, -0.05) is 19.8 Å². The average molecular weight is 236 g/mol. The van der Waals surface area contributed by atoms with Crippen molar-refractivity contribution in [3.63, 3.8) is 0 Å². The van der Waals surface area contributed by atoms with Crippen LogP contribution in [0.1, 0.15) is 48.6 Å². The Morgan fingerprint density at radius 1 is 1.29 bits per heavy atom. The summed E-state index contributed by atoms with van der Waals surface area (Å²) < 4.78 is 5.66. The van der Waals surface area contributed by atoms with E-state index < -0.39 is 0 Å². The molecule has 0 unspecified atom stereocenters. The summed E-state index contributed by atoms with van der Waals surface area (Å²) in [5, 5.41) is 0. The SMILES string of the molecule is CCCCCOCc1cnc(C)c(C)c1CN. The highest BCUT2D eigenvalue weighted by Gasteiger charge is 2.07. The molecule has 1 aromatic rings. The van der Waals surface area contributed by atoms with Crippen molar-refractivity contribution in [3.05, 3.63) is 28.6 Å². The molecule has 0 saturated heterocycles. The van der Waals surface area contributed by atoms with Crippen LogP contribution in [0, 0.1) is 13.8 Å². The normalized spacial score (nSPS) is 10.8. The molecule has 0 aliphatic carbocycles. The molecule has 0 fully saturated rings. The number of hydrogen-bond donors (Lipinski definition) is 1. The van der Waals surface area contributed by atoms with E-state index in [-0.39, 0.29) is 0 Å². The van der Waals surface area contributed by atoms with Crippen LogP contribution in [0.3, 0.4) is 0 Å². The molecule has 0 amide bonds. The fourth-order valence-electron chi connectivity index (χ4n) is 1.85. The summed E-state index contributed by atoms with van der Waals surface area (Å²) in [6, 6.07) is 0. The molecule has 1 heterocycles. The van der Waals surface area contributed by atoms with Crippen LogP contribution in [0.15, 0.2) is 6.20 Å². The molecular formula is C14H24N2O. The Bertz CT molecular complexity index is 350. The highest BCUT2D eigenvalue weighted by molar-refractivity contribution is 5.34. The lowest BCUT2D eigenvalue weighted by Gasteiger charge is -2.12. The molecule has 0 aliphatic rings. The van der Waals surface area contributed by atoms with E-state index in [1.807, 2.05) is 13.1 Å². The van der Waals surface area contributed by atoms with E-state index in [9.17, 15) is 0 Å². The van der Waals surface area contributed by atoms with Crippen molar-refractivity contribution in [2.24, 2.45) is 5.73 Å². The second-order valence-corrected chi connectivity index (χ2v) is 4.44. The highest BCUT2D eigenvalue weighted by atomic mass is 16.5. The van der Waals surface area contributed by atoms with Crippen molar-refractivity contribution in [1.29, 1.82) is 0 Å². The summed E-state index contributed by atoms with van der Waals surface area (Å²) in [5.41, 5.74) is 10.4. The summed E-state index contributed by atoms with van der Waals surface area (Å²) in [6.45, 7) is 8.29. The van der Waals surface area contributed by atoms with Crippen molar-refractivity contribution < 1.29 is 4.74 Å². The first-order chi connectivity index (χ1) is 8.20. The number of pyridine rings is 1. The van der Waals surface area contributed by atoms with Crippen molar-refractivity contribution in [2.75, 3.05) is 6.61 Å². The molecular weight excluding hydrogens is 212 g/mol. The third-order valence-electron chi connectivity index (χ3n) is 3.15. The number of ether oxygens (including phenoxy) is 1. The van der Waals surface area contributed by atoms with Gasteiger partial charge in [-0.2, -0.15) is 0 Å². The molecule has 0 saturated carbocycles. The van der Waals surface area contributed by atoms with Gasteiger partial charge in [-0.25, -0.2) is 0 Å². The van der Waals surface area contributed by atoms with Gasteiger partial charge in [-0.3, -0.25) is 4.98 Å². The number of unbranched alkanes of at least 4 members (excludes halogenated alkanes) is 2. The predicted octanol–water partition coefficient (Wildman–Crippen LogP) is 2.86. The van der Waals surface area contributed by atoms with Crippen molar-refractivity contribution in [3.8, 4) is 0 Å². The number of nitrogens with two attached hydrogens (primary N) is 1. The number of nitrogens with zero attached hydrogens (tertiary/aromatic N) is 1. The quantitative estimate of drug-likeness (QED) is 0.740. The molecule has 96 valence electrons. The maximum atomic E-state index is 5.79. The topological polar surface area (TPSA) is 48.1 Å². The molecule has 3 heteroatoms. The Morgan fingerprint density at radius 2 is 2.06 bits per heavy atom. The zero-order valence-corrected chi connectivity index (χ0v) is 11.3. The fraction of sp³-hybridized carbons (Fsp3) is 0.643. The minimum absolute atomic E-state index is 0.558. The maximum absolute atomic E-state index is 5.79. The van der Waals surface area contributed by atoms with Crippen LogP contribution in [0.2, 0.25) is 0 Å². The van der Waals surface area contributed by atoms with Gasteiger partial charge in [0.25, 0.3) is 0 Å². The summed E-state index contributed by atoms with van der Waals surface area (Å²) >= 11 is 0. The standard InChI is InChI=1S/C14H24N2O/c1-4-5-6-7-17-10-13-9-16-12(3)11(2)14(13)8-15/h9H,4-8,10,15H2,1-3H3. The van der Waals surface area contributed by atoms with E-state index in [1.165, 1.54) is 24.0 Å². The second-order valence-electron chi connectivity index (χ2n) is 4.44. The van der Waals surface area contributed by atoms with Gasteiger partial charge in [0, 0.05) is 30.6 Å². The Morgan fingerprint density at radius 3 is 2.71 bits per heavy atom. The van der Waals surface area contributed by atoms with Gasteiger partial charge in [-0.05, 0) is 31.4 Å². The van der Waals surface area contributed by atoms with Gasteiger partial charge in [0.15, 0.2) is 0 Å². The monoisotopic (exact) mass is 236 g/mol. The van der Waals surface area contributed by atoms with Crippen LogP contribution in [-0.4, -0.2) is 11.6 Å². The largest absolute Gasteiger partial charge is 0.377 e. The molecule has 3 nitrogen and oxygen atoms in total. The highest BCUT2D eigenvalue weighted by Crippen LogP contribution is 2.16. The minimum Gasteiger partial charge on any atom is -0.377 e. The fourth-order valence-corrected chi connectivity index (χ4v) is 1.85. The van der Waals surface area contributed by atoms with Crippen LogP contribution in [0.25, 0.3) is 0 Å². The molecule has 0 aliphatic heterocycles. The molecule has 0 radical (unpaired) electrons. The Balaban J connectivity index is 2.56. The Labute approximate surface area is 104 Å². The van der Waals surface area contributed by atoms with E-state index in [0.29, 0.717) is 13.2 Å². The lowest BCUT2D eigenvalue weighted by atomic mass is 10.0. The predicted molar refractivity (Wildman–Crippen MR) is 70.8 cm³/mol. The number of aromatic nitrogens is 1. The molecule has 0 bridgehead atoms. The number of aryl methyl sites for hydroxylation is 1. The van der Waals surface area contributed by atoms with Crippen LogP contribution in [0.4, 0.5) is 0 Å². The van der Waals surface area contributed by atoms with Gasteiger partial charge >= 0.3 is 0 Å². The van der Waals surface area contributed by atoms with Crippen LogP contribution < -0.4 is 5.73 Å². The van der Waals surface area contributed by atoms with E-state index in [1.54, 1.807) is 0 Å². The average Bonchev–Trinajstić information content (AvgIpc) is 2.33. The molecule has 2 N–H and O–H groups in total. The first-order valence-electron chi connectivity index (χ1n) is 6.42. The molecule has 0 atom stereocenters. The van der Waals surface area contributed by atoms with Crippen molar-refractivity contribution in [2.45, 2.75) is 53.2 Å². The van der Waals surface area contributed by atoms with Crippen LogP contribution in [-0.2, 0) is 17.9 Å². The molecule has 17 heavy (non-hydrogen) atoms. The van der Waals surface area contributed by atoms with Crippen molar-refractivity contribution in [1.82, 2.24) is 4.98 Å². The zero-order valence-electron chi connectivity index (χ0n) is 11.3. The number of rotatable bonds is 7. The molecule has 0 aromatic carbocycles. The van der Waals surface area contributed by atoms with Crippen molar-refractivity contribution >= 4 is 0 Å². The minimum atomic E-state index is 0.558.